The van der Waals surface area contributed by atoms with Gasteiger partial charge in [-0.1, -0.05) is 0 Å². The molecule has 1 aliphatic heterocycles. The summed E-state index contributed by atoms with van der Waals surface area (Å²) in [5, 5.41) is 13.6. The predicted octanol–water partition coefficient (Wildman–Crippen LogP) is 1.79. The van der Waals surface area contributed by atoms with Crippen molar-refractivity contribution in [2.75, 3.05) is 11.9 Å². The first-order chi connectivity index (χ1) is 6.66. The maximum atomic E-state index is 10.5. The first-order valence-corrected chi connectivity index (χ1v) is 4.34. The van der Waals surface area contributed by atoms with Gasteiger partial charge >= 0.3 is 0 Å². The first kappa shape index (κ1) is 8.80. The molecule has 0 aliphatic carbocycles. The number of fused-ring (bicyclic) bond motifs is 1. The maximum Gasteiger partial charge on any atom is 0.271 e. The van der Waals surface area contributed by atoms with E-state index in [0.29, 0.717) is 18.0 Å². The van der Waals surface area contributed by atoms with Gasteiger partial charge in [-0.05, 0) is 13.0 Å². The number of non-ortho nitro benzene ring substituents is 1. The van der Waals surface area contributed by atoms with Crippen LogP contribution < -0.4 is 10.1 Å². The molecular formula is C9H10N2O3. The molecule has 74 valence electrons. The predicted molar refractivity (Wildman–Crippen MR) is 51.7 cm³/mol. The monoisotopic (exact) mass is 194 g/mol. The van der Waals surface area contributed by atoms with Crippen molar-refractivity contribution in [3.05, 3.63) is 28.3 Å². The van der Waals surface area contributed by atoms with E-state index in [1.54, 1.807) is 6.07 Å². The third kappa shape index (κ3) is 1.48. The van der Waals surface area contributed by atoms with Crippen molar-refractivity contribution in [2.45, 2.75) is 13.0 Å². The number of ether oxygens (including phenoxy) is 1. The van der Waals surface area contributed by atoms with Gasteiger partial charge in [-0.2, -0.15) is 0 Å². The van der Waals surface area contributed by atoms with E-state index in [9.17, 15) is 10.1 Å². The van der Waals surface area contributed by atoms with Gasteiger partial charge < -0.3 is 10.1 Å². The number of nitro groups is 1. The van der Waals surface area contributed by atoms with E-state index in [4.69, 9.17) is 4.74 Å². The molecule has 14 heavy (non-hydrogen) atoms. The Balaban J connectivity index is 2.37. The Kier molecular flexibility index (Phi) is 1.99. The average Bonchev–Trinajstić information content (AvgIpc) is 2.16. The van der Waals surface area contributed by atoms with Crippen molar-refractivity contribution in [3.8, 4) is 5.75 Å². The van der Waals surface area contributed by atoms with Crippen LogP contribution in [0.15, 0.2) is 18.2 Å². The molecule has 2 rings (SSSR count). The molecule has 0 saturated carbocycles. The van der Waals surface area contributed by atoms with E-state index in [-0.39, 0.29) is 11.7 Å². The van der Waals surface area contributed by atoms with Crippen molar-refractivity contribution in [3.63, 3.8) is 0 Å². The summed E-state index contributed by atoms with van der Waals surface area (Å²) >= 11 is 0. The van der Waals surface area contributed by atoms with Crippen LogP contribution in [0.3, 0.4) is 0 Å². The smallest absolute Gasteiger partial charge is 0.271 e. The normalized spacial score (nSPS) is 19.1. The number of benzene rings is 1. The molecule has 1 heterocycles. The SMILES string of the molecule is CC1COc2ccc([N+](=O)[O-])cc2N1. The highest BCUT2D eigenvalue weighted by atomic mass is 16.6. The number of hydrogen-bond acceptors (Lipinski definition) is 4. The van der Waals surface area contributed by atoms with Crippen LogP contribution in [0.4, 0.5) is 11.4 Å². The van der Waals surface area contributed by atoms with Crippen LogP contribution in [0.5, 0.6) is 5.75 Å². The van der Waals surface area contributed by atoms with E-state index < -0.39 is 4.92 Å². The number of nitrogens with one attached hydrogen (secondary N) is 1. The van der Waals surface area contributed by atoms with Gasteiger partial charge in [0.1, 0.15) is 12.4 Å². The minimum atomic E-state index is -0.415. The first-order valence-electron chi connectivity index (χ1n) is 4.34. The number of hydrogen-bond donors (Lipinski definition) is 1. The summed E-state index contributed by atoms with van der Waals surface area (Å²) in [6.07, 6.45) is 0. The van der Waals surface area contributed by atoms with Crippen molar-refractivity contribution in [2.24, 2.45) is 0 Å². The lowest BCUT2D eigenvalue weighted by molar-refractivity contribution is -0.384. The zero-order valence-corrected chi connectivity index (χ0v) is 7.69. The second-order valence-corrected chi connectivity index (χ2v) is 3.29. The lowest BCUT2D eigenvalue weighted by Gasteiger charge is -2.24. The molecule has 0 bridgehead atoms. The van der Waals surface area contributed by atoms with Gasteiger partial charge in [-0.15, -0.1) is 0 Å². The summed E-state index contributed by atoms with van der Waals surface area (Å²) in [6.45, 7) is 2.55. The second-order valence-electron chi connectivity index (χ2n) is 3.29. The molecule has 0 aromatic heterocycles. The zero-order valence-electron chi connectivity index (χ0n) is 7.69. The molecule has 1 aromatic carbocycles. The van der Waals surface area contributed by atoms with Crippen molar-refractivity contribution >= 4 is 11.4 Å². The fourth-order valence-electron chi connectivity index (χ4n) is 1.39. The Morgan fingerprint density at radius 3 is 3.14 bits per heavy atom. The third-order valence-electron chi connectivity index (χ3n) is 2.06. The molecule has 1 atom stereocenters. The van der Waals surface area contributed by atoms with Crippen LogP contribution in [0, 0.1) is 10.1 Å². The van der Waals surface area contributed by atoms with Crippen LogP contribution in [0.2, 0.25) is 0 Å². The Bertz CT molecular complexity index is 378. The third-order valence-corrected chi connectivity index (χ3v) is 2.06. The number of anilines is 1. The summed E-state index contributed by atoms with van der Waals surface area (Å²) in [4.78, 5) is 10.1. The van der Waals surface area contributed by atoms with E-state index in [1.165, 1.54) is 12.1 Å². The lowest BCUT2D eigenvalue weighted by Crippen LogP contribution is -2.28. The van der Waals surface area contributed by atoms with E-state index in [2.05, 4.69) is 5.32 Å². The number of rotatable bonds is 1. The van der Waals surface area contributed by atoms with Crippen molar-refractivity contribution in [1.82, 2.24) is 0 Å². The summed E-state index contributed by atoms with van der Waals surface area (Å²) in [5.74, 6) is 0.675. The molecule has 1 aliphatic rings. The van der Waals surface area contributed by atoms with Gasteiger partial charge in [0.15, 0.2) is 0 Å². The summed E-state index contributed by atoms with van der Waals surface area (Å²) in [5.41, 5.74) is 0.770. The average molecular weight is 194 g/mol. The Morgan fingerprint density at radius 1 is 1.64 bits per heavy atom. The van der Waals surface area contributed by atoms with Gasteiger partial charge in [0.25, 0.3) is 5.69 Å². The molecule has 5 nitrogen and oxygen atoms in total. The molecule has 5 heteroatoms. The molecule has 0 radical (unpaired) electrons. The summed E-state index contributed by atoms with van der Waals surface area (Å²) in [6, 6.07) is 4.73. The molecular weight excluding hydrogens is 184 g/mol. The quantitative estimate of drug-likeness (QED) is 0.546. The minimum Gasteiger partial charge on any atom is -0.489 e. The zero-order chi connectivity index (χ0) is 10.1. The van der Waals surface area contributed by atoms with Crippen LogP contribution in [0.25, 0.3) is 0 Å². The van der Waals surface area contributed by atoms with Crippen LogP contribution in [-0.2, 0) is 0 Å². The minimum absolute atomic E-state index is 0.0777. The molecule has 0 saturated heterocycles. The molecule has 0 amide bonds. The maximum absolute atomic E-state index is 10.5. The molecule has 1 unspecified atom stereocenters. The van der Waals surface area contributed by atoms with Crippen LogP contribution in [-0.4, -0.2) is 17.6 Å². The summed E-state index contributed by atoms with van der Waals surface area (Å²) in [7, 11) is 0. The Labute approximate surface area is 80.8 Å². The number of nitrogens with zero attached hydrogens (tertiary/aromatic N) is 1. The topological polar surface area (TPSA) is 64.4 Å². The molecule has 1 aromatic rings. The second kappa shape index (κ2) is 3.17. The fraction of sp³-hybridized carbons (Fsp3) is 0.333. The van der Waals surface area contributed by atoms with E-state index in [0.717, 1.165) is 0 Å². The lowest BCUT2D eigenvalue weighted by atomic mass is 10.2. The van der Waals surface area contributed by atoms with Crippen LogP contribution in [0.1, 0.15) is 6.92 Å². The van der Waals surface area contributed by atoms with Gasteiger partial charge in [0.05, 0.1) is 16.7 Å². The van der Waals surface area contributed by atoms with E-state index in [1.807, 2.05) is 6.92 Å². The standard InChI is InChI=1S/C9H10N2O3/c1-6-5-14-9-3-2-7(11(12)13)4-8(9)10-6/h2-4,6,10H,5H2,1H3. The highest BCUT2D eigenvalue weighted by Crippen LogP contribution is 2.32. The van der Waals surface area contributed by atoms with E-state index >= 15 is 0 Å². The van der Waals surface area contributed by atoms with Crippen LogP contribution >= 0.6 is 0 Å². The highest BCUT2D eigenvalue weighted by molar-refractivity contribution is 5.63. The van der Waals surface area contributed by atoms with Crippen molar-refractivity contribution in [1.29, 1.82) is 0 Å². The molecule has 0 fully saturated rings. The Morgan fingerprint density at radius 2 is 2.43 bits per heavy atom. The fourth-order valence-corrected chi connectivity index (χ4v) is 1.39. The van der Waals surface area contributed by atoms with Gasteiger partial charge in [-0.3, -0.25) is 10.1 Å². The van der Waals surface area contributed by atoms with Crippen molar-refractivity contribution < 1.29 is 9.66 Å². The summed E-state index contributed by atoms with van der Waals surface area (Å²) < 4.78 is 5.39. The highest BCUT2D eigenvalue weighted by Gasteiger charge is 2.17. The molecule has 1 N–H and O–H groups in total. The molecule has 0 spiro atoms. The van der Waals surface area contributed by atoms with Gasteiger partial charge in [0, 0.05) is 12.1 Å². The number of nitro benzene ring substituents is 1. The van der Waals surface area contributed by atoms with Gasteiger partial charge in [0.2, 0.25) is 0 Å². The van der Waals surface area contributed by atoms with Gasteiger partial charge in [-0.25, -0.2) is 0 Å². The Hall–Kier alpha value is -1.78. The largest absolute Gasteiger partial charge is 0.489 e.